The molecule has 0 amide bonds. The van der Waals surface area contributed by atoms with Gasteiger partial charge in [0.1, 0.15) is 5.78 Å². The minimum atomic E-state index is -0.0690. The molecule has 3 fully saturated rings. The van der Waals surface area contributed by atoms with Gasteiger partial charge in [-0.1, -0.05) is 39.5 Å². The van der Waals surface area contributed by atoms with Crippen LogP contribution in [0.3, 0.4) is 0 Å². The molecule has 0 aromatic heterocycles. The Labute approximate surface area is 123 Å². The largest absolute Gasteiger partial charge is 0.373 e. The Bertz CT molecular complexity index is 344. The van der Waals surface area contributed by atoms with Crippen molar-refractivity contribution in [2.75, 3.05) is 0 Å². The molecule has 20 heavy (non-hydrogen) atoms. The highest BCUT2D eigenvalue weighted by atomic mass is 16.5. The molecule has 0 N–H and O–H groups in total. The Morgan fingerprint density at radius 3 is 2.10 bits per heavy atom. The lowest BCUT2D eigenvalue weighted by atomic mass is 9.60. The molecule has 2 heteroatoms. The standard InChI is InChI=1S/C18H30O2/c1-13-9-14(2)11-15(10-13)20-17-12-16(19)18(17)7-5-3-4-6-8-18/h13-15,17H,3-12H2,1-2H3. The van der Waals surface area contributed by atoms with Gasteiger partial charge in [-0.15, -0.1) is 0 Å². The zero-order chi connectivity index (χ0) is 14.2. The van der Waals surface area contributed by atoms with Gasteiger partial charge in [-0.3, -0.25) is 4.79 Å². The van der Waals surface area contributed by atoms with Crippen molar-refractivity contribution in [2.24, 2.45) is 17.3 Å². The van der Waals surface area contributed by atoms with Crippen LogP contribution in [0.5, 0.6) is 0 Å². The van der Waals surface area contributed by atoms with Crippen molar-refractivity contribution in [3.8, 4) is 0 Å². The van der Waals surface area contributed by atoms with Crippen molar-refractivity contribution in [2.45, 2.75) is 90.3 Å². The van der Waals surface area contributed by atoms with Crippen molar-refractivity contribution >= 4 is 5.78 Å². The number of hydrogen-bond donors (Lipinski definition) is 0. The highest BCUT2D eigenvalue weighted by molar-refractivity contribution is 5.92. The van der Waals surface area contributed by atoms with E-state index in [1.807, 2.05) is 0 Å². The molecular formula is C18H30O2. The molecule has 0 radical (unpaired) electrons. The number of ether oxygens (including phenoxy) is 1. The predicted molar refractivity (Wildman–Crippen MR) is 80.6 cm³/mol. The molecule has 3 aliphatic carbocycles. The Morgan fingerprint density at radius 2 is 1.55 bits per heavy atom. The van der Waals surface area contributed by atoms with E-state index >= 15 is 0 Å². The summed E-state index contributed by atoms with van der Waals surface area (Å²) in [7, 11) is 0. The first-order valence-corrected chi connectivity index (χ1v) is 8.79. The number of Topliss-reactive ketones (excluding diaryl/α,β-unsaturated/α-hetero) is 1. The van der Waals surface area contributed by atoms with Crippen LogP contribution in [0.1, 0.15) is 78.1 Å². The maximum Gasteiger partial charge on any atom is 0.144 e. The summed E-state index contributed by atoms with van der Waals surface area (Å²) in [5.74, 6) is 2.07. The molecule has 3 rings (SSSR count). The Kier molecular flexibility index (Phi) is 4.21. The summed E-state index contributed by atoms with van der Waals surface area (Å²) in [5.41, 5.74) is -0.0690. The van der Waals surface area contributed by atoms with Gasteiger partial charge >= 0.3 is 0 Å². The minimum absolute atomic E-state index is 0.0690. The fraction of sp³-hybridized carbons (Fsp3) is 0.944. The first-order valence-electron chi connectivity index (χ1n) is 8.79. The normalized spacial score (nSPS) is 41.2. The number of rotatable bonds is 2. The van der Waals surface area contributed by atoms with Crippen LogP contribution in [-0.2, 0) is 9.53 Å². The number of hydrogen-bond acceptors (Lipinski definition) is 2. The van der Waals surface area contributed by atoms with E-state index in [9.17, 15) is 4.79 Å². The first kappa shape index (κ1) is 14.6. The third kappa shape index (κ3) is 2.68. The van der Waals surface area contributed by atoms with Crippen LogP contribution in [0.4, 0.5) is 0 Å². The smallest absolute Gasteiger partial charge is 0.144 e. The van der Waals surface area contributed by atoms with Gasteiger partial charge in [0.05, 0.1) is 17.6 Å². The van der Waals surface area contributed by atoms with Crippen LogP contribution in [0.15, 0.2) is 0 Å². The van der Waals surface area contributed by atoms with Crippen LogP contribution in [0, 0.1) is 17.3 Å². The lowest BCUT2D eigenvalue weighted by Gasteiger charge is -2.49. The second-order valence-corrected chi connectivity index (χ2v) is 7.86. The van der Waals surface area contributed by atoms with E-state index in [-0.39, 0.29) is 11.5 Å². The second kappa shape index (κ2) is 5.79. The number of ketones is 1. The summed E-state index contributed by atoms with van der Waals surface area (Å²) >= 11 is 0. The van der Waals surface area contributed by atoms with Gasteiger partial charge in [0.25, 0.3) is 0 Å². The zero-order valence-corrected chi connectivity index (χ0v) is 13.2. The molecule has 3 atom stereocenters. The van der Waals surface area contributed by atoms with E-state index in [1.165, 1.54) is 44.9 Å². The molecule has 0 aromatic rings. The van der Waals surface area contributed by atoms with Crippen molar-refractivity contribution < 1.29 is 9.53 Å². The number of carbonyl (C=O) groups is 1. The predicted octanol–water partition coefficient (Wildman–Crippen LogP) is 4.51. The van der Waals surface area contributed by atoms with E-state index in [1.54, 1.807) is 0 Å². The average molecular weight is 278 g/mol. The first-order chi connectivity index (χ1) is 9.60. The molecular weight excluding hydrogens is 248 g/mol. The molecule has 2 nitrogen and oxygen atoms in total. The summed E-state index contributed by atoms with van der Waals surface area (Å²) in [6.07, 6.45) is 12.3. The fourth-order valence-corrected chi connectivity index (χ4v) is 4.97. The van der Waals surface area contributed by atoms with E-state index < -0.39 is 0 Å². The summed E-state index contributed by atoms with van der Waals surface area (Å²) in [5, 5.41) is 0. The van der Waals surface area contributed by atoms with Gasteiger partial charge in [0.2, 0.25) is 0 Å². The van der Waals surface area contributed by atoms with Gasteiger partial charge < -0.3 is 4.74 Å². The Hall–Kier alpha value is -0.370. The monoisotopic (exact) mass is 278 g/mol. The molecule has 0 aliphatic heterocycles. The SMILES string of the molecule is CC1CC(C)CC(OC2CC(=O)C23CCCCCC3)C1. The van der Waals surface area contributed by atoms with Crippen molar-refractivity contribution in [1.29, 1.82) is 0 Å². The Morgan fingerprint density at radius 1 is 0.950 bits per heavy atom. The lowest BCUT2D eigenvalue weighted by molar-refractivity contribution is -0.179. The van der Waals surface area contributed by atoms with Gasteiger partial charge in [0, 0.05) is 6.42 Å². The van der Waals surface area contributed by atoms with Gasteiger partial charge in [-0.05, 0) is 43.9 Å². The van der Waals surface area contributed by atoms with Crippen LogP contribution in [-0.4, -0.2) is 18.0 Å². The molecule has 0 saturated heterocycles. The van der Waals surface area contributed by atoms with E-state index in [0.717, 1.165) is 24.7 Å². The summed E-state index contributed by atoms with van der Waals surface area (Å²) in [6.45, 7) is 4.69. The fourth-order valence-electron chi connectivity index (χ4n) is 4.97. The van der Waals surface area contributed by atoms with Crippen molar-refractivity contribution in [3.63, 3.8) is 0 Å². The average Bonchev–Trinajstić information content (AvgIpc) is 2.65. The maximum absolute atomic E-state index is 12.3. The van der Waals surface area contributed by atoms with E-state index in [0.29, 0.717) is 18.3 Å². The zero-order valence-electron chi connectivity index (χ0n) is 13.2. The molecule has 0 aromatic carbocycles. The molecule has 0 heterocycles. The molecule has 3 aliphatic rings. The second-order valence-electron chi connectivity index (χ2n) is 7.86. The quantitative estimate of drug-likeness (QED) is 0.743. The summed E-state index contributed by atoms with van der Waals surface area (Å²) < 4.78 is 6.47. The van der Waals surface area contributed by atoms with Crippen molar-refractivity contribution in [3.05, 3.63) is 0 Å². The molecule has 3 saturated carbocycles. The Balaban J connectivity index is 1.63. The minimum Gasteiger partial charge on any atom is -0.373 e. The molecule has 0 bridgehead atoms. The lowest BCUT2D eigenvalue weighted by Crippen LogP contribution is -2.56. The molecule has 1 spiro atoms. The van der Waals surface area contributed by atoms with Gasteiger partial charge in [-0.2, -0.15) is 0 Å². The van der Waals surface area contributed by atoms with Crippen molar-refractivity contribution in [1.82, 2.24) is 0 Å². The molecule has 3 unspecified atom stereocenters. The van der Waals surface area contributed by atoms with Crippen LogP contribution in [0.25, 0.3) is 0 Å². The van der Waals surface area contributed by atoms with Crippen LogP contribution < -0.4 is 0 Å². The topological polar surface area (TPSA) is 26.3 Å². The number of carbonyl (C=O) groups excluding carboxylic acids is 1. The van der Waals surface area contributed by atoms with Gasteiger partial charge in [0.15, 0.2) is 0 Å². The maximum atomic E-state index is 12.3. The highest BCUT2D eigenvalue weighted by Crippen LogP contribution is 2.50. The van der Waals surface area contributed by atoms with Crippen LogP contribution >= 0.6 is 0 Å². The van der Waals surface area contributed by atoms with Gasteiger partial charge in [-0.25, -0.2) is 0 Å². The highest BCUT2D eigenvalue weighted by Gasteiger charge is 2.55. The third-order valence-corrected chi connectivity index (χ3v) is 6.03. The van der Waals surface area contributed by atoms with E-state index in [4.69, 9.17) is 4.74 Å². The van der Waals surface area contributed by atoms with E-state index in [2.05, 4.69) is 13.8 Å². The molecule has 114 valence electrons. The third-order valence-electron chi connectivity index (χ3n) is 6.03. The summed E-state index contributed by atoms with van der Waals surface area (Å²) in [4.78, 5) is 12.3. The van der Waals surface area contributed by atoms with Crippen LogP contribution in [0.2, 0.25) is 0 Å². The summed E-state index contributed by atoms with van der Waals surface area (Å²) in [6, 6.07) is 0.